The molecule has 0 radical (unpaired) electrons. The van der Waals surface area contributed by atoms with Crippen LogP contribution in [0.4, 0.5) is 0 Å². The van der Waals surface area contributed by atoms with E-state index in [0.29, 0.717) is 41.6 Å². The predicted octanol–water partition coefficient (Wildman–Crippen LogP) is 5.24. The first-order valence-electron chi connectivity index (χ1n) is 18.8. The molecule has 13 heteroatoms. The second-order valence-electron chi connectivity index (χ2n) is 15.9. The lowest BCUT2D eigenvalue weighted by Gasteiger charge is -2.36. The summed E-state index contributed by atoms with van der Waals surface area (Å²) in [5, 5.41) is 14.4. The van der Waals surface area contributed by atoms with Crippen LogP contribution in [0, 0.1) is 11.3 Å². The van der Waals surface area contributed by atoms with Gasteiger partial charge in [-0.25, -0.2) is 4.98 Å². The largest absolute Gasteiger partial charge is 0.380 e. The highest BCUT2D eigenvalue weighted by atomic mass is 35.5. The molecule has 1 unspecified atom stereocenters. The van der Waals surface area contributed by atoms with Crippen LogP contribution in [0.2, 0.25) is 5.02 Å². The second-order valence-corrected chi connectivity index (χ2v) is 16.3. The second kappa shape index (κ2) is 13.9. The van der Waals surface area contributed by atoms with Gasteiger partial charge in [-0.2, -0.15) is 5.10 Å². The topological polar surface area (TPSA) is 152 Å². The summed E-state index contributed by atoms with van der Waals surface area (Å²) in [6.45, 7) is 3.29. The lowest BCUT2D eigenvalue weighted by molar-refractivity contribution is -0.134. The summed E-state index contributed by atoms with van der Waals surface area (Å²) in [5.74, 6) is -0.141. The van der Waals surface area contributed by atoms with Crippen LogP contribution in [0.25, 0.3) is 11.0 Å². The molecule has 3 amide bonds. The van der Waals surface area contributed by atoms with Crippen molar-refractivity contribution in [1.82, 2.24) is 35.7 Å². The Kier molecular flexibility index (Phi) is 9.35. The number of hydrogen-bond acceptors (Lipinski definition) is 7. The molecule has 53 heavy (non-hydrogen) atoms. The number of aromatic nitrogens is 4. The van der Waals surface area contributed by atoms with Gasteiger partial charge < -0.3 is 30.4 Å². The quantitative estimate of drug-likeness (QED) is 0.138. The monoisotopic (exact) mass is 741 g/mol. The summed E-state index contributed by atoms with van der Waals surface area (Å²) >= 11 is 6.86. The Bertz CT molecular complexity index is 2020. The van der Waals surface area contributed by atoms with Crippen LogP contribution in [-0.4, -0.2) is 76.0 Å². The minimum atomic E-state index is -0.992. The molecule has 3 aliphatic carbocycles. The van der Waals surface area contributed by atoms with Crippen molar-refractivity contribution >= 4 is 40.4 Å². The zero-order chi connectivity index (χ0) is 37.0. The maximum absolute atomic E-state index is 14.4. The van der Waals surface area contributed by atoms with Crippen LogP contribution in [0.1, 0.15) is 97.7 Å². The van der Waals surface area contributed by atoms with Gasteiger partial charge in [0.15, 0.2) is 0 Å². The molecule has 4 aliphatic rings. The highest BCUT2D eigenvalue weighted by Crippen LogP contribution is 2.60. The third-order valence-corrected chi connectivity index (χ3v) is 12.9. The van der Waals surface area contributed by atoms with E-state index < -0.39 is 17.5 Å². The molecular formula is C40H48ClN7O5. The Hall–Kier alpha value is -4.26. The molecule has 1 saturated heterocycles. The van der Waals surface area contributed by atoms with E-state index in [0.717, 1.165) is 61.6 Å². The zero-order valence-corrected chi connectivity index (χ0v) is 31.3. The number of amides is 3. The van der Waals surface area contributed by atoms with Crippen LogP contribution in [0.15, 0.2) is 54.7 Å². The first kappa shape index (κ1) is 35.8. The van der Waals surface area contributed by atoms with Gasteiger partial charge >= 0.3 is 0 Å². The molecule has 3 heterocycles. The van der Waals surface area contributed by atoms with Gasteiger partial charge in [0.25, 0.3) is 5.91 Å². The van der Waals surface area contributed by atoms with E-state index in [-0.39, 0.29) is 47.2 Å². The predicted molar refractivity (Wildman–Crippen MR) is 199 cm³/mol. The number of H-pyrrole nitrogens is 1. The van der Waals surface area contributed by atoms with Crippen molar-refractivity contribution in [2.45, 2.75) is 87.3 Å². The van der Waals surface area contributed by atoms with Crippen LogP contribution >= 0.6 is 11.6 Å². The van der Waals surface area contributed by atoms with E-state index in [4.69, 9.17) is 26.1 Å². The smallest absolute Gasteiger partial charge is 0.270 e. The van der Waals surface area contributed by atoms with Crippen molar-refractivity contribution in [3.8, 4) is 0 Å². The van der Waals surface area contributed by atoms with E-state index in [9.17, 15) is 14.4 Å². The highest BCUT2D eigenvalue weighted by molar-refractivity contribution is 6.31. The lowest BCUT2D eigenvalue weighted by atomic mass is 9.76. The van der Waals surface area contributed by atoms with Crippen molar-refractivity contribution in [2.75, 3.05) is 26.9 Å². The number of hydrogen-bond donors (Lipinski definition) is 4. The summed E-state index contributed by atoms with van der Waals surface area (Å²) in [5.41, 5.74) is 2.20. The molecule has 280 valence electrons. The van der Waals surface area contributed by atoms with Crippen LogP contribution in [0.5, 0.6) is 0 Å². The molecule has 0 bridgehead atoms. The molecule has 4 fully saturated rings. The van der Waals surface area contributed by atoms with Gasteiger partial charge in [0, 0.05) is 44.4 Å². The molecule has 4 atom stereocenters. The SMILES string of the molecule is COC1(CNC(=O)[C@H](NC(=O)C2(c3ccc4[nH]c([C@@H](NC(=O)c5ccnn5C)[C@H](c5ccccc5Cl)C5(C)CC5)nc4c3)CCOC2)C2CCC2)CC1. The number of methoxy groups -OCH3 is 1. The van der Waals surface area contributed by atoms with Crippen molar-refractivity contribution in [3.05, 3.63) is 82.4 Å². The molecule has 8 rings (SSSR count). The molecule has 12 nitrogen and oxygen atoms in total. The van der Waals surface area contributed by atoms with Crippen LogP contribution < -0.4 is 16.0 Å². The van der Waals surface area contributed by atoms with Crippen molar-refractivity contribution < 1.29 is 23.9 Å². The van der Waals surface area contributed by atoms with Gasteiger partial charge in [0.1, 0.15) is 17.6 Å². The van der Waals surface area contributed by atoms with E-state index in [1.54, 1.807) is 31.1 Å². The fourth-order valence-electron chi connectivity index (χ4n) is 8.29. The molecule has 4 aromatic rings. The third kappa shape index (κ3) is 6.74. The number of rotatable bonds is 14. The van der Waals surface area contributed by atoms with E-state index in [1.165, 1.54) is 0 Å². The summed E-state index contributed by atoms with van der Waals surface area (Å²) in [6.07, 6.45) is 8.70. The Morgan fingerprint density at radius 2 is 1.87 bits per heavy atom. The first-order chi connectivity index (χ1) is 25.5. The average Bonchev–Trinajstić information content (AvgIpc) is 3.84. The van der Waals surface area contributed by atoms with E-state index in [1.807, 2.05) is 42.5 Å². The van der Waals surface area contributed by atoms with Crippen molar-refractivity contribution in [1.29, 1.82) is 0 Å². The zero-order valence-electron chi connectivity index (χ0n) is 30.5. The van der Waals surface area contributed by atoms with Gasteiger partial charge in [-0.3, -0.25) is 19.1 Å². The number of carbonyl (C=O) groups excluding carboxylic acids is 3. The fourth-order valence-corrected chi connectivity index (χ4v) is 8.54. The number of nitrogens with zero attached hydrogens (tertiary/aromatic N) is 3. The number of benzene rings is 2. The maximum Gasteiger partial charge on any atom is 0.270 e. The van der Waals surface area contributed by atoms with Gasteiger partial charge in [-0.1, -0.05) is 49.2 Å². The molecule has 1 aliphatic heterocycles. The molecule has 4 N–H and O–H groups in total. The van der Waals surface area contributed by atoms with Crippen LogP contribution in [0.3, 0.4) is 0 Å². The fraction of sp³-hybridized carbons (Fsp3) is 0.525. The van der Waals surface area contributed by atoms with E-state index >= 15 is 0 Å². The molecule has 2 aromatic carbocycles. The lowest BCUT2D eigenvalue weighted by Crippen LogP contribution is -2.58. The van der Waals surface area contributed by atoms with Gasteiger partial charge in [-0.15, -0.1) is 0 Å². The van der Waals surface area contributed by atoms with E-state index in [2.05, 4.69) is 33.0 Å². The minimum absolute atomic E-state index is 0.0882. The number of imidazole rings is 1. The van der Waals surface area contributed by atoms with Crippen molar-refractivity contribution in [3.63, 3.8) is 0 Å². The summed E-state index contributed by atoms with van der Waals surface area (Å²) < 4.78 is 13.1. The van der Waals surface area contributed by atoms with Crippen LogP contribution in [-0.2, 0) is 31.5 Å². The number of aromatic amines is 1. The number of nitrogens with one attached hydrogen (secondary N) is 4. The van der Waals surface area contributed by atoms with Gasteiger partial charge in [0.2, 0.25) is 11.8 Å². The number of aryl methyl sites for hydroxylation is 1. The Balaban J connectivity index is 1.12. The average molecular weight is 742 g/mol. The van der Waals surface area contributed by atoms with Gasteiger partial charge in [0.05, 0.1) is 34.7 Å². The number of fused-ring (bicyclic) bond motifs is 1. The highest BCUT2D eigenvalue weighted by Gasteiger charge is 2.52. The minimum Gasteiger partial charge on any atom is -0.380 e. The summed E-state index contributed by atoms with van der Waals surface area (Å²) in [4.78, 5) is 50.4. The molecule has 2 aromatic heterocycles. The normalized spacial score (nSPS) is 23.1. The number of carbonyl (C=O) groups is 3. The molecular weight excluding hydrogens is 694 g/mol. The summed E-state index contributed by atoms with van der Waals surface area (Å²) in [6, 6.07) is 14.1. The summed E-state index contributed by atoms with van der Waals surface area (Å²) in [7, 11) is 3.42. The Morgan fingerprint density at radius 3 is 2.49 bits per heavy atom. The van der Waals surface area contributed by atoms with Gasteiger partial charge in [-0.05, 0) is 91.7 Å². The maximum atomic E-state index is 14.4. The standard InChI is InChI=1S/C40H48ClN7O5/c1-38(14-15-38)31(26-9-4-5-10-27(26)41)33(46-35(49)30-13-19-43-48(30)2)34-44-28-12-11-25(21-29(28)45-34)40(18-20-53-23-40)37(51)47-32(24-7-6-8-24)36(50)42-22-39(52-3)16-17-39/h4-5,9-13,19,21,24,31-33H,6-8,14-18,20,22-23H2,1-3H3,(H,42,50)(H,44,45)(H,46,49)(H,47,51)/t31-,32+,33-,40?/m0/s1. The Morgan fingerprint density at radius 1 is 1.08 bits per heavy atom. The number of halogens is 1. The molecule has 3 saturated carbocycles. The van der Waals surface area contributed by atoms with Crippen molar-refractivity contribution in [2.24, 2.45) is 18.4 Å². The first-order valence-corrected chi connectivity index (χ1v) is 19.2. The Labute approximate surface area is 314 Å². The molecule has 0 spiro atoms. The number of ether oxygens (including phenoxy) is 2. The third-order valence-electron chi connectivity index (χ3n) is 12.5.